The first kappa shape index (κ1) is 25.9. The number of nitrogens with zero attached hydrogens (tertiary/aromatic N) is 5. The first-order valence-electron chi connectivity index (χ1n) is 12.9. The zero-order valence-electron chi connectivity index (χ0n) is 21.4. The average molecular weight is 556 g/mol. The van der Waals surface area contributed by atoms with E-state index >= 15 is 4.39 Å². The van der Waals surface area contributed by atoms with Crippen molar-refractivity contribution in [3.63, 3.8) is 0 Å². The predicted molar refractivity (Wildman–Crippen MR) is 148 cm³/mol. The summed E-state index contributed by atoms with van der Waals surface area (Å²) in [6.07, 6.45) is 4.48. The highest BCUT2D eigenvalue weighted by Gasteiger charge is 2.43. The van der Waals surface area contributed by atoms with Crippen LogP contribution in [0.3, 0.4) is 0 Å². The van der Waals surface area contributed by atoms with Crippen molar-refractivity contribution in [1.82, 2.24) is 19.5 Å². The first-order valence-corrected chi connectivity index (χ1v) is 13.3. The molecule has 0 bridgehead atoms. The van der Waals surface area contributed by atoms with Crippen LogP contribution in [0.15, 0.2) is 72.9 Å². The standard InChI is InChI=1S/C31H24ClF2N5O/c32-22-7-6-21(24(33)17-22)18-40-30-36-14-9-26(38-30)23-8-5-20(15-25(23)34)16-29-37-27-3-1-2-4-28(27)39(29)19-31(10-11-31)12-13-35/h1-9,14-15,17H,10-12,16,18-19H2. The highest BCUT2D eigenvalue weighted by atomic mass is 35.5. The Bertz CT molecular complexity index is 1760. The fraction of sp³-hybridized carbons (Fsp3) is 0.226. The third-order valence-electron chi connectivity index (χ3n) is 7.32. The van der Waals surface area contributed by atoms with Crippen LogP contribution < -0.4 is 4.74 Å². The monoisotopic (exact) mass is 555 g/mol. The summed E-state index contributed by atoms with van der Waals surface area (Å²) in [7, 11) is 0. The normalized spacial score (nSPS) is 13.8. The Morgan fingerprint density at radius 1 is 1.00 bits per heavy atom. The van der Waals surface area contributed by atoms with Crippen LogP contribution in [-0.2, 0) is 19.6 Å². The molecule has 0 unspecified atom stereocenters. The lowest BCUT2D eigenvalue weighted by Gasteiger charge is -2.16. The third-order valence-corrected chi connectivity index (χ3v) is 7.55. The van der Waals surface area contributed by atoms with Crippen molar-refractivity contribution < 1.29 is 13.5 Å². The molecule has 1 aliphatic rings. The van der Waals surface area contributed by atoms with E-state index in [0.717, 1.165) is 41.8 Å². The van der Waals surface area contributed by atoms with Crippen LogP contribution in [0.5, 0.6) is 6.01 Å². The van der Waals surface area contributed by atoms with Crippen molar-refractivity contribution in [2.45, 2.75) is 38.8 Å². The summed E-state index contributed by atoms with van der Waals surface area (Å²) in [5.74, 6) is -0.0856. The molecule has 0 N–H and O–H groups in total. The van der Waals surface area contributed by atoms with Gasteiger partial charge < -0.3 is 9.30 Å². The highest BCUT2D eigenvalue weighted by molar-refractivity contribution is 6.30. The van der Waals surface area contributed by atoms with Crippen LogP contribution in [0.2, 0.25) is 5.02 Å². The van der Waals surface area contributed by atoms with Crippen molar-refractivity contribution in [1.29, 1.82) is 5.26 Å². The Morgan fingerprint density at radius 3 is 2.62 bits per heavy atom. The molecule has 40 heavy (non-hydrogen) atoms. The second kappa shape index (κ2) is 10.7. The van der Waals surface area contributed by atoms with Crippen LogP contribution in [0.4, 0.5) is 8.78 Å². The summed E-state index contributed by atoms with van der Waals surface area (Å²) in [6, 6.07) is 21.2. The number of para-hydroxylation sites is 2. The SMILES string of the molecule is N#CCC1(Cn2c(Cc3ccc(-c4ccnc(OCc5ccc(Cl)cc5F)n4)c(F)c3)nc3ccccc32)CC1. The van der Waals surface area contributed by atoms with E-state index in [1.165, 1.54) is 24.4 Å². The van der Waals surface area contributed by atoms with Crippen molar-refractivity contribution in [3.05, 3.63) is 107 Å². The highest BCUT2D eigenvalue weighted by Crippen LogP contribution is 2.50. The second-order valence-corrected chi connectivity index (χ2v) is 10.6. The molecule has 0 saturated heterocycles. The van der Waals surface area contributed by atoms with Gasteiger partial charge in [0, 0.05) is 47.1 Å². The summed E-state index contributed by atoms with van der Waals surface area (Å²) < 4.78 is 37.2. The number of benzene rings is 3. The first-order chi connectivity index (χ1) is 19.4. The number of nitriles is 1. The zero-order valence-corrected chi connectivity index (χ0v) is 22.2. The number of aromatic nitrogens is 4. The maximum atomic E-state index is 15.4. The van der Waals surface area contributed by atoms with E-state index in [1.807, 2.05) is 30.3 Å². The van der Waals surface area contributed by atoms with Gasteiger partial charge in [0.2, 0.25) is 0 Å². The molecule has 5 aromatic rings. The number of halogens is 3. The smallest absolute Gasteiger partial charge is 0.317 e. The van der Waals surface area contributed by atoms with Gasteiger partial charge in [0.05, 0.1) is 22.8 Å². The summed E-state index contributed by atoms with van der Waals surface area (Å²) in [5.41, 5.74) is 3.62. The Kier molecular flexibility index (Phi) is 6.91. The van der Waals surface area contributed by atoms with Crippen LogP contribution in [0.25, 0.3) is 22.3 Å². The van der Waals surface area contributed by atoms with E-state index in [4.69, 9.17) is 21.3 Å². The molecule has 9 heteroatoms. The molecule has 1 aliphatic carbocycles. The molecule has 200 valence electrons. The largest absolute Gasteiger partial charge is 0.458 e. The van der Waals surface area contributed by atoms with E-state index < -0.39 is 11.6 Å². The molecule has 3 aromatic carbocycles. The minimum absolute atomic E-state index is 0.00575. The maximum Gasteiger partial charge on any atom is 0.317 e. The zero-order chi connectivity index (χ0) is 27.7. The molecule has 0 aliphatic heterocycles. The van der Waals surface area contributed by atoms with E-state index in [1.54, 1.807) is 18.2 Å². The Hall–Kier alpha value is -4.35. The second-order valence-electron chi connectivity index (χ2n) is 10.2. The Morgan fingerprint density at radius 2 is 1.85 bits per heavy atom. The lowest BCUT2D eigenvalue weighted by Crippen LogP contribution is -2.14. The van der Waals surface area contributed by atoms with Gasteiger partial charge in [-0.1, -0.05) is 35.9 Å². The number of hydrogen-bond acceptors (Lipinski definition) is 5. The summed E-state index contributed by atoms with van der Waals surface area (Å²) >= 11 is 5.80. The van der Waals surface area contributed by atoms with E-state index in [0.29, 0.717) is 34.7 Å². The van der Waals surface area contributed by atoms with Crippen molar-refractivity contribution in [2.24, 2.45) is 5.41 Å². The summed E-state index contributed by atoms with van der Waals surface area (Å²) in [6.45, 7) is 0.630. The fourth-order valence-corrected chi connectivity index (χ4v) is 5.07. The average Bonchev–Trinajstić information content (AvgIpc) is 3.62. The number of hydrogen-bond donors (Lipinski definition) is 0. The molecule has 1 saturated carbocycles. The molecule has 6 rings (SSSR count). The minimum Gasteiger partial charge on any atom is -0.458 e. The molecule has 2 aromatic heterocycles. The molecule has 1 fully saturated rings. The summed E-state index contributed by atoms with van der Waals surface area (Å²) in [5, 5.41) is 9.60. The van der Waals surface area contributed by atoms with E-state index in [-0.39, 0.29) is 18.0 Å². The Balaban J connectivity index is 1.22. The molecule has 0 amide bonds. The van der Waals surface area contributed by atoms with Crippen LogP contribution in [0.1, 0.15) is 36.2 Å². The van der Waals surface area contributed by atoms with Gasteiger partial charge in [-0.3, -0.25) is 0 Å². The van der Waals surface area contributed by atoms with Gasteiger partial charge in [0.1, 0.15) is 24.1 Å². The third kappa shape index (κ3) is 5.38. The van der Waals surface area contributed by atoms with Gasteiger partial charge in [0.15, 0.2) is 0 Å². The van der Waals surface area contributed by atoms with Crippen molar-refractivity contribution >= 4 is 22.6 Å². The number of ether oxygens (including phenoxy) is 1. The summed E-state index contributed by atoms with van der Waals surface area (Å²) in [4.78, 5) is 13.2. The topological polar surface area (TPSA) is 76.6 Å². The molecule has 0 atom stereocenters. The van der Waals surface area contributed by atoms with Gasteiger partial charge >= 0.3 is 6.01 Å². The van der Waals surface area contributed by atoms with Crippen LogP contribution >= 0.6 is 11.6 Å². The predicted octanol–water partition coefficient (Wildman–Crippen LogP) is 7.29. The number of imidazole rings is 1. The molecular formula is C31H24ClF2N5O. The van der Waals surface area contributed by atoms with Gasteiger partial charge in [-0.2, -0.15) is 10.2 Å². The molecule has 2 heterocycles. The maximum absolute atomic E-state index is 15.4. The van der Waals surface area contributed by atoms with Gasteiger partial charge in [-0.15, -0.1) is 0 Å². The number of fused-ring (bicyclic) bond motifs is 1. The van der Waals surface area contributed by atoms with Crippen LogP contribution in [-0.4, -0.2) is 19.5 Å². The van der Waals surface area contributed by atoms with Gasteiger partial charge in [-0.25, -0.2) is 18.7 Å². The Labute approximate surface area is 234 Å². The molecular weight excluding hydrogens is 532 g/mol. The lowest BCUT2D eigenvalue weighted by molar-refractivity contribution is 0.275. The molecule has 0 radical (unpaired) electrons. The fourth-order valence-electron chi connectivity index (χ4n) is 4.91. The van der Waals surface area contributed by atoms with Crippen molar-refractivity contribution in [2.75, 3.05) is 0 Å². The van der Waals surface area contributed by atoms with Gasteiger partial charge in [-0.05, 0) is 60.9 Å². The van der Waals surface area contributed by atoms with Crippen LogP contribution in [0, 0.1) is 28.4 Å². The van der Waals surface area contributed by atoms with Crippen molar-refractivity contribution in [3.8, 4) is 23.3 Å². The minimum atomic E-state index is -0.490. The van der Waals surface area contributed by atoms with E-state index in [9.17, 15) is 9.65 Å². The number of rotatable bonds is 9. The van der Waals surface area contributed by atoms with E-state index in [2.05, 4.69) is 20.6 Å². The molecule has 0 spiro atoms. The lowest BCUT2D eigenvalue weighted by atomic mass is 10.0. The molecule has 6 nitrogen and oxygen atoms in total. The van der Waals surface area contributed by atoms with Gasteiger partial charge in [0.25, 0.3) is 0 Å². The quantitative estimate of drug-likeness (QED) is 0.191.